The highest BCUT2D eigenvalue weighted by Crippen LogP contribution is 2.17. The zero-order valence-electron chi connectivity index (χ0n) is 15.5. The third kappa shape index (κ3) is 5.17. The van der Waals surface area contributed by atoms with E-state index in [4.69, 9.17) is 4.74 Å². The van der Waals surface area contributed by atoms with Gasteiger partial charge in [0, 0.05) is 24.3 Å². The smallest absolute Gasteiger partial charge is 0.341 e. The molecule has 0 aliphatic rings. The van der Waals surface area contributed by atoms with Gasteiger partial charge in [-0.15, -0.1) is 23.1 Å². The highest BCUT2D eigenvalue weighted by molar-refractivity contribution is 7.98. The fourth-order valence-corrected chi connectivity index (χ4v) is 3.73. The molecule has 0 spiro atoms. The largest absolute Gasteiger partial charge is 0.452 e. The fourth-order valence-electron chi connectivity index (χ4n) is 2.45. The number of esters is 1. The van der Waals surface area contributed by atoms with Crippen LogP contribution in [-0.2, 0) is 16.1 Å². The van der Waals surface area contributed by atoms with Gasteiger partial charge in [-0.25, -0.2) is 9.78 Å². The number of amides is 1. The van der Waals surface area contributed by atoms with E-state index in [9.17, 15) is 9.59 Å². The van der Waals surface area contributed by atoms with Crippen LogP contribution in [0.25, 0.3) is 0 Å². The monoisotopic (exact) mass is 413 g/mol. The Labute approximate surface area is 170 Å². The van der Waals surface area contributed by atoms with Gasteiger partial charge in [-0.05, 0) is 30.9 Å². The molecule has 0 radical (unpaired) electrons. The minimum absolute atomic E-state index is 0.341. The first kappa shape index (κ1) is 20.0. The first-order valence-electron chi connectivity index (χ1n) is 8.50. The molecule has 1 aromatic carbocycles. The molecular formula is C20H19N3O3S2. The Kier molecular flexibility index (Phi) is 6.78. The standard InChI is InChI=1S/C20H19N3O3S2/c1-14-5-7-15(8-6-14)12-23-10-11-28-20(23)22-17(24)13-26-19(25)16-4-3-9-21-18(16)27-2/h3-11H,12-13H2,1-2H3. The van der Waals surface area contributed by atoms with Crippen LogP contribution in [0.2, 0.25) is 0 Å². The second-order valence-electron chi connectivity index (χ2n) is 5.94. The number of ether oxygens (including phenoxy) is 1. The molecule has 3 aromatic rings. The molecule has 0 saturated carbocycles. The van der Waals surface area contributed by atoms with Gasteiger partial charge < -0.3 is 9.30 Å². The van der Waals surface area contributed by atoms with Gasteiger partial charge >= 0.3 is 5.97 Å². The number of hydrogen-bond donors (Lipinski definition) is 0. The number of aromatic nitrogens is 2. The summed E-state index contributed by atoms with van der Waals surface area (Å²) in [5, 5.41) is 2.43. The predicted molar refractivity (Wildman–Crippen MR) is 109 cm³/mol. The summed E-state index contributed by atoms with van der Waals surface area (Å²) in [5.74, 6) is -1.09. The molecular weight excluding hydrogens is 394 g/mol. The lowest BCUT2D eigenvalue weighted by Crippen LogP contribution is -2.20. The van der Waals surface area contributed by atoms with E-state index in [-0.39, 0.29) is 0 Å². The molecule has 0 saturated heterocycles. The van der Waals surface area contributed by atoms with Gasteiger partial charge in [-0.3, -0.25) is 4.79 Å². The molecule has 0 N–H and O–H groups in total. The minimum Gasteiger partial charge on any atom is -0.452 e. The van der Waals surface area contributed by atoms with Gasteiger partial charge in [-0.1, -0.05) is 29.8 Å². The summed E-state index contributed by atoms with van der Waals surface area (Å²) >= 11 is 2.70. The van der Waals surface area contributed by atoms with Crippen molar-refractivity contribution < 1.29 is 14.3 Å². The van der Waals surface area contributed by atoms with Crippen LogP contribution in [-0.4, -0.2) is 34.3 Å². The molecule has 28 heavy (non-hydrogen) atoms. The quantitative estimate of drug-likeness (QED) is 0.458. The Bertz CT molecular complexity index is 1040. The molecule has 2 heterocycles. The van der Waals surface area contributed by atoms with E-state index >= 15 is 0 Å². The molecule has 3 rings (SSSR count). The molecule has 0 fully saturated rings. The number of carbonyl (C=O) groups is 2. The average molecular weight is 414 g/mol. The van der Waals surface area contributed by atoms with Crippen molar-refractivity contribution in [2.24, 2.45) is 4.99 Å². The number of thiazole rings is 1. The first-order chi connectivity index (χ1) is 13.6. The van der Waals surface area contributed by atoms with Gasteiger partial charge in [0.1, 0.15) is 5.03 Å². The van der Waals surface area contributed by atoms with Crippen molar-refractivity contribution in [3.63, 3.8) is 0 Å². The van der Waals surface area contributed by atoms with Crippen LogP contribution in [0.5, 0.6) is 0 Å². The zero-order chi connectivity index (χ0) is 19.9. The summed E-state index contributed by atoms with van der Waals surface area (Å²) < 4.78 is 7.00. The molecule has 8 heteroatoms. The van der Waals surface area contributed by atoms with Crippen molar-refractivity contribution in [1.29, 1.82) is 0 Å². The van der Waals surface area contributed by atoms with E-state index in [0.717, 1.165) is 5.56 Å². The Morgan fingerprint density at radius 3 is 2.79 bits per heavy atom. The van der Waals surface area contributed by atoms with Gasteiger partial charge in [0.2, 0.25) is 0 Å². The zero-order valence-corrected chi connectivity index (χ0v) is 17.1. The summed E-state index contributed by atoms with van der Waals surface area (Å²) in [6.07, 6.45) is 5.30. The maximum absolute atomic E-state index is 12.2. The van der Waals surface area contributed by atoms with E-state index in [2.05, 4.69) is 9.98 Å². The molecule has 0 unspecified atom stereocenters. The highest BCUT2D eigenvalue weighted by Gasteiger charge is 2.14. The van der Waals surface area contributed by atoms with Crippen LogP contribution < -0.4 is 4.80 Å². The predicted octanol–water partition coefficient (Wildman–Crippen LogP) is 3.31. The summed E-state index contributed by atoms with van der Waals surface area (Å²) in [7, 11) is 0. The van der Waals surface area contributed by atoms with Gasteiger partial charge in [0.25, 0.3) is 5.91 Å². The van der Waals surface area contributed by atoms with Crippen LogP contribution in [0, 0.1) is 6.92 Å². The maximum Gasteiger partial charge on any atom is 0.341 e. The summed E-state index contributed by atoms with van der Waals surface area (Å²) in [6.45, 7) is 2.24. The van der Waals surface area contributed by atoms with Crippen LogP contribution in [0.3, 0.4) is 0 Å². The van der Waals surface area contributed by atoms with Crippen molar-refractivity contribution in [2.45, 2.75) is 18.5 Å². The minimum atomic E-state index is -0.584. The third-order valence-electron chi connectivity index (χ3n) is 3.86. The van der Waals surface area contributed by atoms with E-state index in [0.29, 0.717) is 21.9 Å². The molecule has 0 bridgehead atoms. The highest BCUT2D eigenvalue weighted by atomic mass is 32.2. The van der Waals surface area contributed by atoms with Crippen LogP contribution in [0.4, 0.5) is 0 Å². The average Bonchev–Trinajstić information content (AvgIpc) is 3.14. The van der Waals surface area contributed by atoms with Crippen molar-refractivity contribution >= 4 is 35.0 Å². The second kappa shape index (κ2) is 9.48. The number of aryl methyl sites for hydroxylation is 1. The number of carbonyl (C=O) groups excluding carboxylic acids is 2. The lowest BCUT2D eigenvalue weighted by atomic mass is 10.1. The van der Waals surface area contributed by atoms with Gasteiger partial charge in [0.15, 0.2) is 11.4 Å². The normalized spacial score (nSPS) is 11.4. The number of thioether (sulfide) groups is 1. The summed E-state index contributed by atoms with van der Waals surface area (Å²) in [6, 6.07) is 11.5. The third-order valence-corrected chi connectivity index (χ3v) is 5.37. The summed E-state index contributed by atoms with van der Waals surface area (Å²) in [4.78, 5) is 33.1. The Morgan fingerprint density at radius 1 is 1.25 bits per heavy atom. The number of rotatable bonds is 6. The van der Waals surface area contributed by atoms with Crippen LogP contribution in [0.15, 0.2) is 64.2 Å². The molecule has 0 aliphatic heterocycles. The second-order valence-corrected chi connectivity index (χ2v) is 7.61. The van der Waals surface area contributed by atoms with Gasteiger partial charge in [-0.2, -0.15) is 4.99 Å². The SMILES string of the molecule is CSc1ncccc1C(=O)OCC(=O)N=c1sccn1Cc1ccc(C)cc1. The summed E-state index contributed by atoms with van der Waals surface area (Å²) in [5.41, 5.74) is 2.65. The number of benzene rings is 1. The van der Waals surface area contributed by atoms with Crippen LogP contribution in [0.1, 0.15) is 21.5 Å². The lowest BCUT2D eigenvalue weighted by Gasteiger charge is -2.06. The number of pyridine rings is 1. The Morgan fingerprint density at radius 2 is 2.04 bits per heavy atom. The Hall–Kier alpha value is -2.71. The maximum atomic E-state index is 12.2. The number of nitrogens with zero attached hydrogens (tertiary/aromatic N) is 3. The molecule has 1 amide bonds. The lowest BCUT2D eigenvalue weighted by molar-refractivity contribution is -0.121. The van der Waals surface area contributed by atoms with Crippen molar-refractivity contribution in [3.05, 3.63) is 75.7 Å². The van der Waals surface area contributed by atoms with E-state index < -0.39 is 18.5 Å². The topological polar surface area (TPSA) is 73.6 Å². The molecule has 0 aliphatic carbocycles. The van der Waals surface area contributed by atoms with Crippen molar-refractivity contribution in [2.75, 3.05) is 12.9 Å². The van der Waals surface area contributed by atoms with Gasteiger partial charge in [0.05, 0.1) is 5.56 Å². The molecule has 6 nitrogen and oxygen atoms in total. The molecule has 0 atom stereocenters. The van der Waals surface area contributed by atoms with E-state index in [1.807, 2.05) is 53.6 Å². The van der Waals surface area contributed by atoms with Crippen LogP contribution >= 0.6 is 23.1 Å². The fraction of sp³-hybridized carbons (Fsp3) is 0.200. The van der Waals surface area contributed by atoms with E-state index in [1.165, 1.54) is 28.7 Å². The first-order valence-corrected chi connectivity index (χ1v) is 10.6. The van der Waals surface area contributed by atoms with Crippen molar-refractivity contribution in [3.8, 4) is 0 Å². The molecule has 144 valence electrons. The van der Waals surface area contributed by atoms with E-state index in [1.54, 1.807) is 18.3 Å². The molecule has 2 aromatic heterocycles. The van der Waals surface area contributed by atoms with Crippen molar-refractivity contribution in [1.82, 2.24) is 9.55 Å². The number of hydrogen-bond acceptors (Lipinski definition) is 6. The Balaban J connectivity index is 1.66.